The Morgan fingerprint density at radius 1 is 1.45 bits per heavy atom. The van der Waals surface area contributed by atoms with Crippen LogP contribution in [0.4, 0.5) is 18.9 Å². The second-order valence-corrected chi connectivity index (χ2v) is 5.24. The molecule has 0 spiro atoms. The van der Waals surface area contributed by atoms with Crippen LogP contribution in [0.1, 0.15) is 13.0 Å². The van der Waals surface area contributed by atoms with Gasteiger partial charge in [0, 0.05) is 12.3 Å². The molecule has 1 unspecified atom stereocenters. The largest absolute Gasteiger partial charge is 0.432 e. The lowest BCUT2D eigenvalue weighted by Gasteiger charge is -2.15. The Bertz CT molecular complexity index is 678. The van der Waals surface area contributed by atoms with Crippen molar-refractivity contribution in [1.29, 1.82) is 0 Å². The van der Waals surface area contributed by atoms with Crippen LogP contribution < -0.4 is 10.1 Å². The first-order valence-electron chi connectivity index (χ1n) is 6.11. The first-order valence-corrected chi connectivity index (χ1v) is 6.91. The van der Waals surface area contributed by atoms with Gasteiger partial charge in [-0.1, -0.05) is 0 Å². The summed E-state index contributed by atoms with van der Waals surface area (Å²) in [6, 6.07) is 2.26. The summed E-state index contributed by atoms with van der Waals surface area (Å²) in [5.41, 5.74) is -0.0511. The molecule has 2 rings (SSSR count). The van der Waals surface area contributed by atoms with E-state index in [0.717, 1.165) is 18.2 Å². The molecule has 0 fully saturated rings. The normalized spacial score (nSPS) is 12.3. The summed E-state index contributed by atoms with van der Waals surface area (Å²) in [4.78, 5) is 12.1. The average Bonchev–Trinajstić information content (AvgIpc) is 2.87. The van der Waals surface area contributed by atoms with Gasteiger partial charge in [0.25, 0.3) is 0 Å². The Kier molecular flexibility index (Phi) is 5.07. The molecule has 0 aliphatic heterocycles. The molecular weight excluding hydrogens is 367 g/mol. The minimum atomic E-state index is -3.13. The van der Waals surface area contributed by atoms with E-state index in [-0.39, 0.29) is 5.69 Å². The number of amides is 1. The summed E-state index contributed by atoms with van der Waals surface area (Å²) in [5.74, 6) is -1.71. The zero-order valence-corrected chi connectivity index (χ0v) is 12.9. The van der Waals surface area contributed by atoms with Crippen molar-refractivity contribution in [1.82, 2.24) is 9.78 Å². The van der Waals surface area contributed by atoms with Crippen molar-refractivity contribution in [3.05, 3.63) is 40.9 Å². The van der Waals surface area contributed by atoms with E-state index in [4.69, 9.17) is 0 Å². The lowest BCUT2D eigenvalue weighted by Crippen LogP contribution is -2.24. The number of nitrogens with zero attached hydrogens (tertiary/aromatic N) is 2. The van der Waals surface area contributed by atoms with Crippen molar-refractivity contribution in [2.24, 2.45) is 0 Å². The van der Waals surface area contributed by atoms with Crippen molar-refractivity contribution in [3.63, 3.8) is 0 Å². The number of carbonyl (C=O) groups is 1. The van der Waals surface area contributed by atoms with Gasteiger partial charge in [0.1, 0.15) is 11.9 Å². The molecule has 0 radical (unpaired) electrons. The van der Waals surface area contributed by atoms with Gasteiger partial charge in [-0.3, -0.25) is 9.48 Å². The highest BCUT2D eigenvalue weighted by molar-refractivity contribution is 9.10. The number of anilines is 1. The number of hydrogen-bond acceptors (Lipinski definition) is 3. The minimum absolute atomic E-state index is 0.0511. The average molecular weight is 378 g/mol. The second kappa shape index (κ2) is 6.82. The van der Waals surface area contributed by atoms with Gasteiger partial charge >= 0.3 is 6.61 Å². The summed E-state index contributed by atoms with van der Waals surface area (Å²) < 4.78 is 44.0. The fraction of sp³-hybridized carbons (Fsp3) is 0.231. The quantitative estimate of drug-likeness (QED) is 0.866. The Morgan fingerprint density at radius 3 is 2.77 bits per heavy atom. The van der Waals surface area contributed by atoms with E-state index in [1.54, 1.807) is 13.1 Å². The molecule has 1 atom stereocenters. The molecule has 0 saturated heterocycles. The van der Waals surface area contributed by atoms with Gasteiger partial charge in [-0.05, 0) is 35.0 Å². The van der Waals surface area contributed by atoms with E-state index < -0.39 is 30.1 Å². The van der Waals surface area contributed by atoms with E-state index in [9.17, 15) is 18.0 Å². The van der Waals surface area contributed by atoms with E-state index in [2.05, 4.69) is 31.1 Å². The lowest BCUT2D eigenvalue weighted by molar-refractivity contribution is -0.119. The number of rotatable bonds is 5. The molecule has 1 amide bonds. The molecule has 118 valence electrons. The van der Waals surface area contributed by atoms with E-state index in [1.807, 2.05) is 0 Å². The highest BCUT2D eigenvalue weighted by Crippen LogP contribution is 2.28. The van der Waals surface area contributed by atoms with Gasteiger partial charge in [-0.25, -0.2) is 4.39 Å². The Morgan fingerprint density at radius 2 is 2.18 bits per heavy atom. The van der Waals surface area contributed by atoms with Crippen LogP contribution in [-0.4, -0.2) is 22.3 Å². The van der Waals surface area contributed by atoms with Crippen molar-refractivity contribution in [3.8, 4) is 5.75 Å². The van der Waals surface area contributed by atoms with Gasteiger partial charge < -0.3 is 10.1 Å². The SMILES string of the molecule is CC(C(=O)Nc1ccc(F)cc1OC(F)F)n1cc(Br)cn1. The Balaban J connectivity index is 2.17. The Hall–Kier alpha value is -2.03. The molecule has 0 aliphatic carbocycles. The molecule has 9 heteroatoms. The molecular formula is C13H11BrF3N3O2. The van der Waals surface area contributed by atoms with Gasteiger partial charge in [-0.15, -0.1) is 0 Å². The molecule has 1 aromatic heterocycles. The number of benzene rings is 1. The predicted molar refractivity (Wildman–Crippen MR) is 76.3 cm³/mol. The molecule has 2 aromatic rings. The van der Waals surface area contributed by atoms with Crippen LogP contribution in [0.3, 0.4) is 0 Å². The second-order valence-electron chi connectivity index (χ2n) is 4.32. The maximum atomic E-state index is 13.1. The zero-order chi connectivity index (χ0) is 16.3. The summed E-state index contributed by atoms with van der Waals surface area (Å²) >= 11 is 3.20. The van der Waals surface area contributed by atoms with E-state index in [0.29, 0.717) is 4.47 Å². The van der Waals surface area contributed by atoms with E-state index in [1.165, 1.54) is 10.9 Å². The van der Waals surface area contributed by atoms with Crippen molar-refractivity contribution < 1.29 is 22.7 Å². The van der Waals surface area contributed by atoms with Crippen LogP contribution >= 0.6 is 15.9 Å². The first kappa shape index (κ1) is 16.3. The maximum absolute atomic E-state index is 13.1. The zero-order valence-electron chi connectivity index (χ0n) is 11.3. The molecule has 1 N–H and O–H groups in total. The van der Waals surface area contributed by atoms with Crippen LogP contribution in [-0.2, 0) is 4.79 Å². The third kappa shape index (κ3) is 4.00. The number of aromatic nitrogens is 2. The predicted octanol–water partition coefficient (Wildman–Crippen LogP) is 3.59. The molecule has 1 heterocycles. The summed E-state index contributed by atoms with van der Waals surface area (Å²) in [6.07, 6.45) is 3.10. The topological polar surface area (TPSA) is 56.1 Å². The Labute approximate surface area is 132 Å². The van der Waals surface area contributed by atoms with Crippen LogP contribution in [0, 0.1) is 5.82 Å². The highest BCUT2D eigenvalue weighted by atomic mass is 79.9. The third-order valence-electron chi connectivity index (χ3n) is 2.76. The standard InChI is InChI=1S/C13H11BrF3N3O2/c1-7(20-6-8(14)5-18-20)12(21)19-10-3-2-9(15)4-11(10)22-13(16)17/h2-7,13H,1H3,(H,19,21). The minimum Gasteiger partial charge on any atom is -0.432 e. The van der Waals surface area contributed by atoms with Crippen molar-refractivity contribution in [2.75, 3.05) is 5.32 Å². The van der Waals surface area contributed by atoms with Crippen molar-refractivity contribution >= 4 is 27.5 Å². The summed E-state index contributed by atoms with van der Waals surface area (Å²) in [5, 5.41) is 6.37. The fourth-order valence-electron chi connectivity index (χ4n) is 1.68. The molecule has 5 nitrogen and oxygen atoms in total. The number of alkyl halides is 2. The number of carbonyl (C=O) groups excluding carboxylic acids is 1. The third-order valence-corrected chi connectivity index (χ3v) is 3.17. The summed E-state index contributed by atoms with van der Waals surface area (Å²) in [6.45, 7) is -1.55. The molecule has 22 heavy (non-hydrogen) atoms. The number of halogens is 4. The van der Waals surface area contributed by atoms with Gasteiger partial charge in [0.2, 0.25) is 5.91 Å². The van der Waals surface area contributed by atoms with E-state index >= 15 is 0 Å². The van der Waals surface area contributed by atoms with Crippen LogP contribution in [0.2, 0.25) is 0 Å². The highest BCUT2D eigenvalue weighted by Gasteiger charge is 2.19. The smallest absolute Gasteiger partial charge is 0.387 e. The summed E-state index contributed by atoms with van der Waals surface area (Å²) in [7, 11) is 0. The maximum Gasteiger partial charge on any atom is 0.387 e. The van der Waals surface area contributed by atoms with Gasteiger partial charge in [-0.2, -0.15) is 13.9 Å². The molecule has 0 bridgehead atoms. The van der Waals surface area contributed by atoms with Gasteiger partial charge in [0.05, 0.1) is 16.4 Å². The fourth-order valence-corrected chi connectivity index (χ4v) is 1.98. The number of nitrogens with one attached hydrogen (secondary N) is 1. The number of ether oxygens (including phenoxy) is 1. The van der Waals surface area contributed by atoms with Crippen LogP contribution in [0.25, 0.3) is 0 Å². The van der Waals surface area contributed by atoms with Gasteiger partial charge in [0.15, 0.2) is 5.75 Å². The first-order chi connectivity index (χ1) is 10.4. The molecule has 1 aromatic carbocycles. The van der Waals surface area contributed by atoms with Crippen molar-refractivity contribution in [2.45, 2.75) is 19.6 Å². The monoisotopic (exact) mass is 377 g/mol. The molecule has 0 aliphatic rings. The van der Waals surface area contributed by atoms with Crippen LogP contribution in [0.15, 0.2) is 35.1 Å². The molecule has 0 saturated carbocycles. The lowest BCUT2D eigenvalue weighted by atomic mass is 10.2. The number of hydrogen-bond donors (Lipinski definition) is 1. The van der Waals surface area contributed by atoms with Crippen LogP contribution in [0.5, 0.6) is 5.75 Å².